The van der Waals surface area contributed by atoms with Crippen LogP contribution in [0.1, 0.15) is 11.8 Å². The second kappa shape index (κ2) is 7.75. The van der Waals surface area contributed by atoms with Crippen LogP contribution in [0.2, 0.25) is 0 Å². The number of hydrogen-bond donors (Lipinski definition) is 1. The van der Waals surface area contributed by atoms with Crippen LogP contribution < -0.4 is 10.2 Å². The molecule has 26 heavy (non-hydrogen) atoms. The zero-order valence-electron chi connectivity index (χ0n) is 13.8. The summed E-state index contributed by atoms with van der Waals surface area (Å²) in [7, 11) is 0. The molecule has 3 rings (SSSR count). The number of hydrogen-bond acceptors (Lipinski definition) is 6. The third kappa shape index (κ3) is 4.04. The normalized spacial score (nSPS) is 12.2. The summed E-state index contributed by atoms with van der Waals surface area (Å²) in [6.45, 7) is 1.63. The Hall–Kier alpha value is -3.26. The molecule has 0 fully saturated rings. The summed E-state index contributed by atoms with van der Waals surface area (Å²) in [4.78, 5) is 22.9. The third-order valence-electron chi connectivity index (χ3n) is 3.58. The van der Waals surface area contributed by atoms with Gasteiger partial charge in [0.05, 0.1) is 16.0 Å². The molecular weight excluding hydrogens is 354 g/mol. The van der Waals surface area contributed by atoms with E-state index in [2.05, 4.69) is 10.5 Å². The molecule has 0 spiro atoms. The minimum Gasteiger partial charge on any atom is -0.480 e. The summed E-state index contributed by atoms with van der Waals surface area (Å²) < 4.78 is 5.76. The van der Waals surface area contributed by atoms with Crippen LogP contribution in [0.3, 0.4) is 0 Å². The fraction of sp³-hybridized carbons (Fsp3) is 0.111. The Morgan fingerprint density at radius 2 is 2.00 bits per heavy atom. The zero-order chi connectivity index (χ0) is 18.5. The molecule has 0 aliphatic heterocycles. The first-order chi connectivity index (χ1) is 12.5. The molecule has 2 aromatic carbocycles. The van der Waals surface area contributed by atoms with Crippen molar-refractivity contribution < 1.29 is 14.5 Å². The highest BCUT2D eigenvalue weighted by atomic mass is 32.1. The number of benzene rings is 2. The van der Waals surface area contributed by atoms with Gasteiger partial charge in [0.25, 0.3) is 5.91 Å². The highest BCUT2D eigenvalue weighted by molar-refractivity contribution is 7.16. The van der Waals surface area contributed by atoms with Crippen LogP contribution in [0.15, 0.2) is 59.7 Å². The van der Waals surface area contributed by atoms with Crippen LogP contribution >= 0.6 is 11.3 Å². The van der Waals surface area contributed by atoms with Gasteiger partial charge in [0, 0.05) is 11.5 Å². The molecule has 0 unspecified atom stereocenters. The minimum absolute atomic E-state index is 0.0189. The second-order valence-corrected chi connectivity index (χ2v) is 6.50. The Balaban J connectivity index is 1.62. The summed E-state index contributed by atoms with van der Waals surface area (Å²) in [6, 6.07) is 16.3. The van der Waals surface area contributed by atoms with Crippen molar-refractivity contribution in [2.45, 2.75) is 13.0 Å². The number of fused-ring (bicyclic) bond motifs is 1. The molecule has 3 aromatic rings. The Bertz CT molecular complexity index is 978. The van der Waals surface area contributed by atoms with E-state index >= 15 is 0 Å². The van der Waals surface area contributed by atoms with Gasteiger partial charge in [-0.25, -0.2) is 5.43 Å². The number of amides is 1. The lowest BCUT2D eigenvalue weighted by molar-refractivity contribution is -0.380. The van der Waals surface area contributed by atoms with Crippen LogP contribution in [-0.4, -0.2) is 23.1 Å². The van der Waals surface area contributed by atoms with E-state index in [-0.39, 0.29) is 5.00 Å². The average molecular weight is 369 g/mol. The molecule has 1 N–H and O–H groups in total. The standard InChI is InChI=1S/C18H15N3O4S/c1-12(25-16-8-4-6-13-5-2-3-7-15(13)16)18(22)20-19-11-14-9-10-17(26-14)21(23)24/h2-12H,1H3,(H,20,22)/t12-/m1/s1. The predicted molar refractivity (Wildman–Crippen MR) is 101 cm³/mol. The van der Waals surface area contributed by atoms with Gasteiger partial charge >= 0.3 is 5.00 Å². The van der Waals surface area contributed by atoms with E-state index in [9.17, 15) is 14.9 Å². The fourth-order valence-electron chi connectivity index (χ4n) is 2.30. The Kier molecular flexibility index (Phi) is 5.23. The molecule has 1 amide bonds. The van der Waals surface area contributed by atoms with Crippen molar-refractivity contribution in [2.75, 3.05) is 0 Å². The summed E-state index contributed by atoms with van der Waals surface area (Å²) in [5.74, 6) is 0.198. The number of nitrogens with zero attached hydrogens (tertiary/aromatic N) is 2. The SMILES string of the molecule is C[C@@H](Oc1cccc2ccccc12)C(=O)NN=Cc1ccc([N+](=O)[O-])s1. The van der Waals surface area contributed by atoms with Gasteiger partial charge in [0.1, 0.15) is 5.75 Å². The number of rotatable bonds is 6. The van der Waals surface area contributed by atoms with Crippen LogP contribution in [0, 0.1) is 10.1 Å². The van der Waals surface area contributed by atoms with Crippen LogP contribution in [0.4, 0.5) is 5.00 Å². The summed E-state index contributed by atoms with van der Waals surface area (Å²) >= 11 is 0.974. The molecular formula is C18H15N3O4S. The largest absolute Gasteiger partial charge is 0.480 e. The van der Waals surface area contributed by atoms with E-state index < -0.39 is 16.9 Å². The topological polar surface area (TPSA) is 93.8 Å². The van der Waals surface area contributed by atoms with Crippen LogP contribution in [0.5, 0.6) is 5.75 Å². The predicted octanol–water partition coefficient (Wildman–Crippen LogP) is 3.73. The Morgan fingerprint density at radius 1 is 1.23 bits per heavy atom. The fourth-order valence-corrected chi connectivity index (χ4v) is 3.00. The molecule has 0 aliphatic rings. The van der Waals surface area contributed by atoms with E-state index in [1.54, 1.807) is 19.1 Å². The number of carbonyl (C=O) groups excluding carboxylic acids is 1. The van der Waals surface area contributed by atoms with Gasteiger partial charge in [-0.1, -0.05) is 47.7 Å². The Morgan fingerprint density at radius 3 is 2.77 bits per heavy atom. The maximum Gasteiger partial charge on any atom is 0.324 e. The quantitative estimate of drug-likeness (QED) is 0.407. The Labute approximate surface area is 153 Å². The monoisotopic (exact) mass is 369 g/mol. The number of ether oxygens (including phenoxy) is 1. The van der Waals surface area contributed by atoms with Crippen molar-refractivity contribution in [1.82, 2.24) is 5.43 Å². The van der Waals surface area contributed by atoms with Crippen molar-refractivity contribution in [1.29, 1.82) is 0 Å². The first kappa shape index (κ1) is 17.6. The zero-order valence-corrected chi connectivity index (χ0v) is 14.6. The number of carbonyl (C=O) groups is 1. The van der Waals surface area contributed by atoms with Gasteiger partial charge in [-0.05, 0) is 24.4 Å². The molecule has 0 saturated heterocycles. The first-order valence-corrected chi connectivity index (χ1v) is 8.58. The van der Waals surface area contributed by atoms with Gasteiger partial charge in [0.2, 0.25) is 0 Å². The molecule has 132 valence electrons. The smallest absolute Gasteiger partial charge is 0.324 e. The number of thiophene rings is 1. The maximum absolute atomic E-state index is 12.1. The van der Waals surface area contributed by atoms with Crippen LogP contribution in [-0.2, 0) is 4.79 Å². The molecule has 0 aliphatic carbocycles. The van der Waals surface area contributed by atoms with Gasteiger partial charge in [-0.3, -0.25) is 14.9 Å². The molecule has 1 aromatic heterocycles. The van der Waals surface area contributed by atoms with E-state index in [0.29, 0.717) is 10.6 Å². The lowest BCUT2D eigenvalue weighted by atomic mass is 10.1. The number of hydrazone groups is 1. The van der Waals surface area contributed by atoms with Gasteiger partial charge in [-0.15, -0.1) is 0 Å². The highest BCUT2D eigenvalue weighted by Gasteiger charge is 2.15. The van der Waals surface area contributed by atoms with Gasteiger partial charge in [0.15, 0.2) is 6.10 Å². The number of nitro groups is 1. The lowest BCUT2D eigenvalue weighted by Gasteiger charge is -2.14. The lowest BCUT2D eigenvalue weighted by Crippen LogP contribution is -2.33. The van der Waals surface area contributed by atoms with Crippen molar-refractivity contribution in [3.05, 3.63) is 69.6 Å². The summed E-state index contributed by atoms with van der Waals surface area (Å²) in [5.41, 5.74) is 2.38. The van der Waals surface area contributed by atoms with Gasteiger partial charge < -0.3 is 4.74 Å². The third-order valence-corrected chi connectivity index (χ3v) is 4.55. The van der Waals surface area contributed by atoms with E-state index in [1.165, 1.54) is 12.3 Å². The maximum atomic E-state index is 12.1. The van der Waals surface area contributed by atoms with Crippen molar-refractivity contribution in [3.63, 3.8) is 0 Å². The average Bonchev–Trinajstić information content (AvgIpc) is 3.11. The second-order valence-electron chi connectivity index (χ2n) is 5.40. The highest BCUT2D eigenvalue weighted by Crippen LogP contribution is 2.26. The minimum atomic E-state index is -0.754. The van der Waals surface area contributed by atoms with E-state index in [0.717, 1.165) is 22.1 Å². The first-order valence-electron chi connectivity index (χ1n) is 7.76. The van der Waals surface area contributed by atoms with E-state index in [4.69, 9.17) is 4.74 Å². The van der Waals surface area contributed by atoms with E-state index in [1.807, 2.05) is 36.4 Å². The van der Waals surface area contributed by atoms with Gasteiger partial charge in [-0.2, -0.15) is 5.10 Å². The molecule has 0 bridgehead atoms. The molecule has 1 atom stereocenters. The van der Waals surface area contributed by atoms with Crippen molar-refractivity contribution in [3.8, 4) is 5.75 Å². The van der Waals surface area contributed by atoms with Crippen molar-refractivity contribution in [2.24, 2.45) is 5.10 Å². The summed E-state index contributed by atoms with van der Waals surface area (Å²) in [5, 5.41) is 16.4. The molecule has 7 nitrogen and oxygen atoms in total. The summed E-state index contributed by atoms with van der Waals surface area (Å²) in [6.07, 6.45) is 0.607. The molecule has 0 radical (unpaired) electrons. The van der Waals surface area contributed by atoms with Crippen molar-refractivity contribution >= 4 is 39.2 Å². The molecule has 1 heterocycles. The number of nitrogens with one attached hydrogen (secondary N) is 1. The molecule has 8 heteroatoms. The molecule has 0 saturated carbocycles. The van der Waals surface area contributed by atoms with Crippen LogP contribution in [0.25, 0.3) is 10.8 Å².